The largest absolute Gasteiger partial charge is 0.481 e. The number of benzene rings is 2. The molecular weight excluding hydrogens is 415 g/mol. The summed E-state index contributed by atoms with van der Waals surface area (Å²) in [6.45, 7) is 4.14. The highest BCUT2D eigenvalue weighted by Gasteiger charge is 2.16. The van der Waals surface area contributed by atoms with Crippen molar-refractivity contribution in [2.24, 2.45) is 0 Å². The summed E-state index contributed by atoms with van der Waals surface area (Å²) in [5, 5.41) is 6.63. The van der Waals surface area contributed by atoms with Crippen LogP contribution in [0, 0.1) is 0 Å². The summed E-state index contributed by atoms with van der Waals surface area (Å²) < 4.78 is 11.1. The van der Waals surface area contributed by atoms with Crippen molar-refractivity contribution in [3.63, 3.8) is 0 Å². The summed E-state index contributed by atoms with van der Waals surface area (Å²) in [6, 6.07) is 13.7. The summed E-state index contributed by atoms with van der Waals surface area (Å²) >= 11 is 11.8. The molecule has 2 aromatic carbocycles. The van der Waals surface area contributed by atoms with Crippen molar-refractivity contribution < 1.29 is 19.1 Å². The van der Waals surface area contributed by atoms with Crippen molar-refractivity contribution in [3.8, 4) is 11.5 Å². The van der Waals surface area contributed by atoms with Gasteiger partial charge in [0.1, 0.15) is 11.5 Å². The molecule has 0 radical (unpaired) electrons. The quantitative estimate of drug-likeness (QED) is 0.552. The second-order valence-electron chi connectivity index (χ2n) is 6.37. The Hall–Kier alpha value is -2.44. The van der Waals surface area contributed by atoms with E-state index in [-0.39, 0.29) is 11.8 Å². The molecule has 0 saturated carbocycles. The first kappa shape index (κ1) is 22.8. The minimum absolute atomic E-state index is 0.242. The minimum Gasteiger partial charge on any atom is -0.481 e. The first-order valence-corrected chi connectivity index (χ1v) is 10.0. The van der Waals surface area contributed by atoms with E-state index in [0.29, 0.717) is 41.1 Å². The second-order valence-corrected chi connectivity index (χ2v) is 7.24. The fourth-order valence-electron chi connectivity index (χ4n) is 2.39. The van der Waals surface area contributed by atoms with E-state index in [4.69, 9.17) is 32.7 Å². The molecule has 29 heavy (non-hydrogen) atoms. The number of hydrogen-bond acceptors (Lipinski definition) is 4. The van der Waals surface area contributed by atoms with Gasteiger partial charge in [-0.2, -0.15) is 0 Å². The van der Waals surface area contributed by atoms with Gasteiger partial charge in [-0.1, -0.05) is 35.3 Å². The molecule has 2 atom stereocenters. The van der Waals surface area contributed by atoms with Crippen molar-refractivity contribution in [3.05, 3.63) is 58.6 Å². The van der Waals surface area contributed by atoms with Gasteiger partial charge in [0.15, 0.2) is 12.2 Å². The summed E-state index contributed by atoms with van der Waals surface area (Å²) in [5.74, 6) is 0.574. The number of amides is 2. The van der Waals surface area contributed by atoms with Gasteiger partial charge in [-0.15, -0.1) is 0 Å². The number of nitrogens with one attached hydrogen (secondary N) is 2. The number of hydrogen-bond donors (Lipinski definition) is 2. The van der Waals surface area contributed by atoms with Crippen molar-refractivity contribution in [2.75, 3.05) is 13.1 Å². The highest BCUT2D eigenvalue weighted by atomic mass is 35.5. The number of rotatable bonds is 10. The Morgan fingerprint density at radius 2 is 1.24 bits per heavy atom. The van der Waals surface area contributed by atoms with Crippen LogP contribution in [0.5, 0.6) is 11.5 Å². The van der Waals surface area contributed by atoms with Gasteiger partial charge in [0.25, 0.3) is 11.8 Å². The van der Waals surface area contributed by atoms with Crippen LogP contribution in [-0.4, -0.2) is 37.1 Å². The topological polar surface area (TPSA) is 76.7 Å². The molecule has 2 N–H and O–H groups in total. The van der Waals surface area contributed by atoms with E-state index in [1.807, 2.05) is 0 Å². The van der Waals surface area contributed by atoms with Crippen LogP contribution >= 0.6 is 23.2 Å². The number of carbonyl (C=O) groups is 2. The van der Waals surface area contributed by atoms with Gasteiger partial charge < -0.3 is 20.1 Å². The molecule has 2 amide bonds. The summed E-state index contributed by atoms with van der Waals surface area (Å²) in [4.78, 5) is 24.2. The predicted octanol–water partition coefficient (Wildman–Crippen LogP) is 3.85. The zero-order valence-electron chi connectivity index (χ0n) is 16.3. The van der Waals surface area contributed by atoms with Gasteiger partial charge in [0.05, 0.1) is 0 Å². The lowest BCUT2D eigenvalue weighted by atomic mass is 10.3. The van der Waals surface area contributed by atoms with E-state index in [1.165, 1.54) is 0 Å². The predicted molar refractivity (Wildman–Crippen MR) is 114 cm³/mol. The Morgan fingerprint density at radius 1 is 0.828 bits per heavy atom. The Labute approximate surface area is 180 Å². The monoisotopic (exact) mass is 438 g/mol. The first-order valence-electron chi connectivity index (χ1n) is 9.25. The molecule has 0 unspecified atom stereocenters. The van der Waals surface area contributed by atoms with Crippen LogP contribution in [0.15, 0.2) is 48.5 Å². The van der Waals surface area contributed by atoms with Gasteiger partial charge in [0, 0.05) is 23.1 Å². The highest BCUT2D eigenvalue weighted by Crippen LogP contribution is 2.19. The molecule has 156 valence electrons. The first-order chi connectivity index (χ1) is 13.8. The zero-order valence-corrected chi connectivity index (χ0v) is 17.8. The Bertz CT molecular complexity index is 764. The molecule has 0 heterocycles. The van der Waals surface area contributed by atoms with Crippen LogP contribution in [0.4, 0.5) is 0 Å². The van der Waals surface area contributed by atoms with Crippen molar-refractivity contribution in [1.29, 1.82) is 0 Å². The summed E-state index contributed by atoms with van der Waals surface area (Å²) in [5.41, 5.74) is 0. The Kier molecular flexibility index (Phi) is 9.09. The number of halogens is 2. The molecular formula is C21H24Cl2N2O4. The third-order valence-electron chi connectivity index (χ3n) is 3.91. The van der Waals surface area contributed by atoms with Gasteiger partial charge >= 0.3 is 0 Å². The van der Waals surface area contributed by atoms with Crippen molar-refractivity contribution >= 4 is 35.0 Å². The van der Waals surface area contributed by atoms with Crippen molar-refractivity contribution in [2.45, 2.75) is 32.5 Å². The van der Waals surface area contributed by atoms with Gasteiger partial charge in [-0.25, -0.2) is 0 Å². The van der Waals surface area contributed by atoms with E-state index in [1.54, 1.807) is 62.4 Å². The van der Waals surface area contributed by atoms with E-state index in [9.17, 15) is 9.59 Å². The van der Waals surface area contributed by atoms with Crippen LogP contribution in [0.25, 0.3) is 0 Å². The fourth-order valence-corrected chi connectivity index (χ4v) is 2.76. The smallest absolute Gasteiger partial charge is 0.260 e. The maximum atomic E-state index is 12.1. The minimum atomic E-state index is -0.658. The Balaban J connectivity index is 1.62. The second kappa shape index (κ2) is 11.5. The highest BCUT2D eigenvalue weighted by molar-refractivity contribution is 6.31. The van der Waals surface area contributed by atoms with Crippen LogP contribution in [-0.2, 0) is 9.59 Å². The van der Waals surface area contributed by atoms with Gasteiger partial charge in [0.2, 0.25) is 0 Å². The van der Waals surface area contributed by atoms with Crippen LogP contribution in [0.2, 0.25) is 10.0 Å². The summed E-state index contributed by atoms with van der Waals surface area (Å²) in [6.07, 6.45) is -0.742. The molecule has 8 heteroatoms. The van der Waals surface area contributed by atoms with Crippen molar-refractivity contribution in [1.82, 2.24) is 10.6 Å². The van der Waals surface area contributed by atoms with E-state index in [0.717, 1.165) is 0 Å². The van der Waals surface area contributed by atoms with E-state index >= 15 is 0 Å². The lowest BCUT2D eigenvalue weighted by Crippen LogP contribution is -2.39. The molecule has 2 rings (SSSR count). The van der Waals surface area contributed by atoms with Gasteiger partial charge in [-0.05, 0) is 56.7 Å². The third kappa shape index (κ3) is 8.21. The molecule has 0 aliphatic carbocycles. The zero-order chi connectivity index (χ0) is 21.2. The van der Waals surface area contributed by atoms with Crippen LogP contribution in [0.1, 0.15) is 20.3 Å². The Morgan fingerprint density at radius 3 is 1.62 bits per heavy atom. The molecule has 0 aromatic heterocycles. The third-order valence-corrected chi connectivity index (χ3v) is 4.38. The standard InChI is InChI=1S/C21H24Cl2N2O4/c1-14(28-18-8-3-6-16(22)12-18)20(26)24-10-5-11-25-21(27)15(2)29-19-9-4-7-17(23)13-19/h3-4,6-9,12-15H,5,10-11H2,1-2H3,(H,24,26)(H,25,27)/t14-,15+. The fraction of sp³-hybridized carbons (Fsp3) is 0.333. The SMILES string of the molecule is C[C@H](Oc1cccc(Cl)c1)C(=O)NCCCNC(=O)[C@@H](C)Oc1cccc(Cl)c1. The maximum Gasteiger partial charge on any atom is 0.260 e. The summed E-state index contributed by atoms with van der Waals surface area (Å²) in [7, 11) is 0. The molecule has 0 spiro atoms. The van der Waals surface area contributed by atoms with Gasteiger partial charge in [-0.3, -0.25) is 9.59 Å². The van der Waals surface area contributed by atoms with Crippen LogP contribution in [0.3, 0.4) is 0 Å². The lowest BCUT2D eigenvalue weighted by Gasteiger charge is -2.16. The van der Waals surface area contributed by atoms with E-state index in [2.05, 4.69) is 10.6 Å². The lowest BCUT2D eigenvalue weighted by molar-refractivity contribution is -0.127. The molecule has 0 aliphatic heterocycles. The number of ether oxygens (including phenoxy) is 2. The maximum absolute atomic E-state index is 12.1. The molecule has 2 aromatic rings. The average molecular weight is 439 g/mol. The average Bonchev–Trinajstić information content (AvgIpc) is 2.67. The molecule has 0 aliphatic rings. The molecule has 0 saturated heterocycles. The normalized spacial score (nSPS) is 12.6. The van der Waals surface area contributed by atoms with Crippen LogP contribution < -0.4 is 20.1 Å². The molecule has 0 fully saturated rings. The molecule has 6 nitrogen and oxygen atoms in total. The van der Waals surface area contributed by atoms with E-state index < -0.39 is 12.2 Å². The molecule has 0 bridgehead atoms. The number of carbonyl (C=O) groups excluding carboxylic acids is 2.